The number of carbonyl (C=O) groups excluding carboxylic acids is 1. The molecular weight excluding hydrogens is 374 g/mol. The van der Waals surface area contributed by atoms with E-state index < -0.39 is 0 Å². The van der Waals surface area contributed by atoms with Gasteiger partial charge in [-0.05, 0) is 55.1 Å². The van der Waals surface area contributed by atoms with E-state index in [1.807, 2.05) is 62.4 Å². The molecular formula is C22H23NO2S2. The Bertz CT molecular complexity index is 860. The molecule has 3 nitrogen and oxygen atoms in total. The van der Waals surface area contributed by atoms with Crippen molar-refractivity contribution in [3.05, 3.63) is 82.0 Å². The Balaban J connectivity index is 1.66. The van der Waals surface area contributed by atoms with Crippen molar-refractivity contribution in [1.82, 2.24) is 5.32 Å². The average Bonchev–Trinajstić information content (AvgIpc) is 3.21. The third-order valence-corrected chi connectivity index (χ3v) is 6.30. The molecule has 5 heteroatoms. The number of carbonyl (C=O) groups is 1. The van der Waals surface area contributed by atoms with Crippen LogP contribution in [0.25, 0.3) is 0 Å². The van der Waals surface area contributed by atoms with Gasteiger partial charge in [0, 0.05) is 15.5 Å². The van der Waals surface area contributed by atoms with Crippen molar-refractivity contribution in [1.29, 1.82) is 0 Å². The minimum Gasteiger partial charge on any atom is -0.494 e. The third-order valence-electron chi connectivity index (χ3n) is 4.12. The molecule has 1 heterocycles. The summed E-state index contributed by atoms with van der Waals surface area (Å²) in [5.74, 6) is 1.66. The van der Waals surface area contributed by atoms with Crippen molar-refractivity contribution in [2.75, 3.05) is 6.61 Å². The molecule has 0 aliphatic rings. The average molecular weight is 398 g/mol. The highest BCUT2D eigenvalue weighted by molar-refractivity contribution is 7.98. The zero-order chi connectivity index (χ0) is 19.1. The molecule has 0 fully saturated rings. The second-order valence-electron chi connectivity index (χ2n) is 6.06. The topological polar surface area (TPSA) is 38.3 Å². The standard InChI is InChI=1S/C22H23NO2S2/c1-3-25-18-12-10-17(11-13-18)16(2)23-22(24)20-8-4-5-9-21(20)27-15-19-7-6-14-26-19/h4-14,16H,3,15H2,1-2H3,(H,23,24). The Morgan fingerprint density at radius 1 is 1.11 bits per heavy atom. The number of thioether (sulfide) groups is 1. The zero-order valence-electron chi connectivity index (χ0n) is 15.5. The lowest BCUT2D eigenvalue weighted by Crippen LogP contribution is -2.27. The molecule has 0 bridgehead atoms. The van der Waals surface area contributed by atoms with Gasteiger partial charge in [0.05, 0.1) is 18.2 Å². The molecule has 1 atom stereocenters. The van der Waals surface area contributed by atoms with Crippen LogP contribution in [0.15, 0.2) is 70.9 Å². The van der Waals surface area contributed by atoms with E-state index in [1.165, 1.54) is 4.88 Å². The molecule has 140 valence electrons. The molecule has 0 spiro atoms. The van der Waals surface area contributed by atoms with E-state index >= 15 is 0 Å². The fraction of sp³-hybridized carbons (Fsp3) is 0.227. The van der Waals surface area contributed by atoms with Crippen LogP contribution in [0.1, 0.15) is 40.7 Å². The first-order valence-corrected chi connectivity index (χ1v) is 10.8. The Morgan fingerprint density at radius 3 is 2.59 bits per heavy atom. The van der Waals surface area contributed by atoms with Gasteiger partial charge in [-0.2, -0.15) is 0 Å². The summed E-state index contributed by atoms with van der Waals surface area (Å²) in [7, 11) is 0. The monoisotopic (exact) mass is 397 g/mol. The number of amides is 1. The maximum Gasteiger partial charge on any atom is 0.252 e. The first-order valence-electron chi connectivity index (χ1n) is 8.95. The van der Waals surface area contributed by atoms with Gasteiger partial charge in [-0.3, -0.25) is 4.79 Å². The number of rotatable bonds is 8. The summed E-state index contributed by atoms with van der Waals surface area (Å²) in [6.07, 6.45) is 0. The van der Waals surface area contributed by atoms with Gasteiger partial charge in [0.25, 0.3) is 5.91 Å². The van der Waals surface area contributed by atoms with Crippen LogP contribution in [0, 0.1) is 0 Å². The van der Waals surface area contributed by atoms with Crippen molar-refractivity contribution in [3.8, 4) is 5.75 Å². The summed E-state index contributed by atoms with van der Waals surface area (Å²) in [6, 6.07) is 19.7. The second-order valence-corrected chi connectivity index (χ2v) is 8.11. The Hall–Kier alpha value is -2.24. The van der Waals surface area contributed by atoms with Crippen LogP contribution >= 0.6 is 23.1 Å². The number of thiophene rings is 1. The minimum atomic E-state index is -0.0801. The lowest BCUT2D eigenvalue weighted by Gasteiger charge is -2.16. The van der Waals surface area contributed by atoms with E-state index in [1.54, 1.807) is 23.1 Å². The smallest absolute Gasteiger partial charge is 0.252 e. The maximum atomic E-state index is 12.8. The first-order chi connectivity index (χ1) is 13.2. The number of benzene rings is 2. The molecule has 1 N–H and O–H groups in total. The fourth-order valence-corrected chi connectivity index (χ4v) is 4.52. The van der Waals surface area contributed by atoms with Crippen molar-refractivity contribution < 1.29 is 9.53 Å². The van der Waals surface area contributed by atoms with Gasteiger partial charge in [-0.25, -0.2) is 0 Å². The molecule has 27 heavy (non-hydrogen) atoms. The normalized spacial score (nSPS) is 11.8. The second kappa shape index (κ2) is 9.62. The quantitative estimate of drug-likeness (QED) is 0.479. The molecule has 1 unspecified atom stereocenters. The molecule has 0 saturated carbocycles. The fourth-order valence-electron chi connectivity index (χ4n) is 2.70. The molecule has 0 saturated heterocycles. The van der Waals surface area contributed by atoms with Crippen LogP contribution < -0.4 is 10.1 Å². The van der Waals surface area contributed by atoms with E-state index in [-0.39, 0.29) is 11.9 Å². The van der Waals surface area contributed by atoms with Gasteiger partial charge in [0.2, 0.25) is 0 Å². The highest BCUT2D eigenvalue weighted by atomic mass is 32.2. The predicted octanol–water partition coefficient (Wildman–Crippen LogP) is 5.93. The molecule has 1 aromatic heterocycles. The van der Waals surface area contributed by atoms with Crippen molar-refractivity contribution in [2.24, 2.45) is 0 Å². The van der Waals surface area contributed by atoms with Crippen LogP contribution in [-0.4, -0.2) is 12.5 Å². The van der Waals surface area contributed by atoms with Crippen molar-refractivity contribution in [2.45, 2.75) is 30.5 Å². The van der Waals surface area contributed by atoms with Crippen LogP contribution in [0.4, 0.5) is 0 Å². The summed E-state index contributed by atoms with van der Waals surface area (Å²) < 4.78 is 5.47. The molecule has 3 aromatic rings. The van der Waals surface area contributed by atoms with Crippen LogP contribution in [0.5, 0.6) is 5.75 Å². The minimum absolute atomic E-state index is 0.0503. The molecule has 1 amide bonds. The predicted molar refractivity (Wildman–Crippen MR) is 114 cm³/mol. The van der Waals surface area contributed by atoms with Gasteiger partial charge in [0.15, 0.2) is 0 Å². The van der Waals surface area contributed by atoms with Crippen LogP contribution in [0.2, 0.25) is 0 Å². The highest BCUT2D eigenvalue weighted by Crippen LogP contribution is 2.28. The SMILES string of the molecule is CCOc1ccc(C(C)NC(=O)c2ccccc2SCc2cccs2)cc1. The van der Waals surface area contributed by atoms with Gasteiger partial charge in [-0.15, -0.1) is 23.1 Å². The van der Waals surface area contributed by atoms with Crippen LogP contribution in [0.3, 0.4) is 0 Å². The van der Waals surface area contributed by atoms with Crippen molar-refractivity contribution in [3.63, 3.8) is 0 Å². The third kappa shape index (κ3) is 5.37. The Kier molecular flexibility index (Phi) is 6.96. The lowest BCUT2D eigenvalue weighted by molar-refractivity contribution is 0.0937. The highest BCUT2D eigenvalue weighted by Gasteiger charge is 2.15. The number of ether oxygens (including phenoxy) is 1. The van der Waals surface area contributed by atoms with E-state index in [9.17, 15) is 4.79 Å². The number of hydrogen-bond donors (Lipinski definition) is 1. The summed E-state index contributed by atoms with van der Waals surface area (Å²) in [5, 5.41) is 5.18. The van der Waals surface area contributed by atoms with E-state index in [0.29, 0.717) is 6.61 Å². The van der Waals surface area contributed by atoms with E-state index in [2.05, 4.69) is 22.8 Å². The first kappa shape index (κ1) is 19.5. The van der Waals surface area contributed by atoms with E-state index in [0.717, 1.165) is 27.5 Å². The van der Waals surface area contributed by atoms with Gasteiger partial charge in [0.1, 0.15) is 5.75 Å². The lowest BCUT2D eigenvalue weighted by atomic mass is 10.1. The van der Waals surface area contributed by atoms with Crippen LogP contribution in [-0.2, 0) is 5.75 Å². The summed E-state index contributed by atoms with van der Waals surface area (Å²) in [5.41, 5.74) is 1.77. The zero-order valence-corrected chi connectivity index (χ0v) is 17.1. The molecule has 0 radical (unpaired) electrons. The Labute approximate surface area is 168 Å². The van der Waals surface area contributed by atoms with Crippen molar-refractivity contribution >= 4 is 29.0 Å². The molecule has 3 rings (SSSR count). The summed E-state index contributed by atoms with van der Waals surface area (Å²) in [4.78, 5) is 15.1. The van der Waals surface area contributed by atoms with E-state index in [4.69, 9.17) is 4.74 Å². The molecule has 2 aromatic carbocycles. The largest absolute Gasteiger partial charge is 0.494 e. The van der Waals surface area contributed by atoms with Gasteiger partial charge >= 0.3 is 0 Å². The van der Waals surface area contributed by atoms with Gasteiger partial charge < -0.3 is 10.1 Å². The summed E-state index contributed by atoms with van der Waals surface area (Å²) in [6.45, 7) is 4.60. The molecule has 0 aliphatic heterocycles. The number of nitrogens with one attached hydrogen (secondary N) is 1. The number of hydrogen-bond acceptors (Lipinski definition) is 4. The summed E-state index contributed by atoms with van der Waals surface area (Å²) >= 11 is 3.43. The van der Waals surface area contributed by atoms with Gasteiger partial charge in [-0.1, -0.05) is 30.3 Å². The maximum absolute atomic E-state index is 12.8. The molecule has 0 aliphatic carbocycles. The Morgan fingerprint density at radius 2 is 1.89 bits per heavy atom.